The maximum atomic E-state index is 12.2. The molecule has 0 unspecified atom stereocenters. The van der Waals surface area contributed by atoms with Gasteiger partial charge in [0.2, 0.25) is 5.91 Å². The Hall–Kier alpha value is -1.75. The summed E-state index contributed by atoms with van der Waals surface area (Å²) in [5.41, 5.74) is 7.44. The van der Waals surface area contributed by atoms with Gasteiger partial charge in [0, 0.05) is 31.0 Å². The Morgan fingerprint density at radius 2 is 1.95 bits per heavy atom. The van der Waals surface area contributed by atoms with Gasteiger partial charge in [0.15, 0.2) is 0 Å². The number of amides is 1. The number of likely N-dealkylation sites (N-methyl/N-ethyl adjacent to an activating group) is 1. The summed E-state index contributed by atoms with van der Waals surface area (Å²) in [4.78, 5) is 16.1. The molecule has 1 saturated heterocycles. The number of rotatable bonds is 4. The number of nitrogens with two attached hydrogens (primary N) is 1. The van der Waals surface area contributed by atoms with E-state index >= 15 is 0 Å². The Balaban J connectivity index is 1.98. The van der Waals surface area contributed by atoms with E-state index in [1.807, 2.05) is 36.1 Å². The third-order valence-corrected chi connectivity index (χ3v) is 3.33. The lowest BCUT2D eigenvalue weighted by atomic mass is 10.2. The largest absolute Gasteiger partial charge is 0.399 e. The second kappa shape index (κ2) is 6.43. The summed E-state index contributed by atoms with van der Waals surface area (Å²) in [6.07, 6.45) is 0. The molecule has 1 heterocycles. The fourth-order valence-electron chi connectivity index (χ4n) is 2.15. The van der Waals surface area contributed by atoms with Gasteiger partial charge in [-0.15, -0.1) is 0 Å². The highest BCUT2D eigenvalue weighted by Gasteiger charge is 2.19. The number of nitrogens with zero attached hydrogens (tertiary/aromatic N) is 2. The molecule has 0 atom stereocenters. The number of hydrogen-bond donors (Lipinski definition) is 1. The predicted molar refractivity (Wildman–Crippen MR) is 76.1 cm³/mol. The molecule has 0 saturated carbocycles. The molecule has 2 N–H and O–H groups in total. The molecule has 0 spiro atoms. The number of nitrogen functional groups attached to an aromatic ring is 1. The normalized spacial score (nSPS) is 15.3. The lowest BCUT2D eigenvalue weighted by molar-refractivity contribution is -0.133. The van der Waals surface area contributed by atoms with Gasteiger partial charge in [0.1, 0.15) is 0 Å². The van der Waals surface area contributed by atoms with Gasteiger partial charge in [-0.3, -0.25) is 4.79 Å². The molecule has 5 heteroatoms. The highest BCUT2D eigenvalue weighted by molar-refractivity contribution is 5.81. The van der Waals surface area contributed by atoms with Crippen molar-refractivity contribution in [3.63, 3.8) is 0 Å². The van der Waals surface area contributed by atoms with Gasteiger partial charge in [0.05, 0.1) is 19.8 Å². The van der Waals surface area contributed by atoms with Gasteiger partial charge in [-0.25, -0.2) is 0 Å². The molecule has 1 aliphatic heterocycles. The molecule has 104 valence electrons. The number of carbonyl (C=O) groups is 1. The smallest absolute Gasteiger partial charge is 0.242 e. The van der Waals surface area contributed by atoms with Crippen molar-refractivity contribution in [1.82, 2.24) is 4.90 Å². The van der Waals surface area contributed by atoms with Crippen LogP contribution in [0.4, 0.5) is 11.4 Å². The number of ether oxygens (including phenoxy) is 1. The molecule has 1 aromatic rings. The Kier molecular flexibility index (Phi) is 4.63. The molecule has 0 aliphatic carbocycles. The van der Waals surface area contributed by atoms with E-state index in [9.17, 15) is 4.79 Å². The fraction of sp³-hybridized carbons (Fsp3) is 0.500. The number of benzene rings is 1. The van der Waals surface area contributed by atoms with Crippen LogP contribution in [0.3, 0.4) is 0 Å². The lowest BCUT2D eigenvalue weighted by Crippen LogP contribution is -2.45. The second-order valence-corrected chi connectivity index (χ2v) is 4.60. The van der Waals surface area contributed by atoms with Crippen molar-refractivity contribution in [2.24, 2.45) is 0 Å². The first kappa shape index (κ1) is 13.7. The first-order valence-corrected chi connectivity index (χ1v) is 6.66. The van der Waals surface area contributed by atoms with E-state index in [4.69, 9.17) is 10.5 Å². The van der Waals surface area contributed by atoms with E-state index in [0.29, 0.717) is 32.8 Å². The summed E-state index contributed by atoms with van der Waals surface area (Å²) in [6.45, 7) is 5.90. The molecular formula is C14H21N3O2. The Bertz CT molecular complexity index is 413. The van der Waals surface area contributed by atoms with Crippen LogP contribution in [0.1, 0.15) is 6.92 Å². The molecule has 0 aromatic heterocycles. The quantitative estimate of drug-likeness (QED) is 0.822. The van der Waals surface area contributed by atoms with Crippen LogP contribution >= 0.6 is 0 Å². The maximum Gasteiger partial charge on any atom is 0.242 e. The predicted octanol–water partition coefficient (Wildman–Crippen LogP) is 0.954. The van der Waals surface area contributed by atoms with Crippen LogP contribution in [0.15, 0.2) is 24.3 Å². The topological polar surface area (TPSA) is 58.8 Å². The Morgan fingerprint density at radius 3 is 2.53 bits per heavy atom. The van der Waals surface area contributed by atoms with Crippen molar-refractivity contribution >= 4 is 17.3 Å². The van der Waals surface area contributed by atoms with E-state index in [0.717, 1.165) is 17.9 Å². The lowest BCUT2D eigenvalue weighted by Gasteiger charge is -2.30. The molecule has 0 bridgehead atoms. The van der Waals surface area contributed by atoms with Crippen molar-refractivity contribution in [2.45, 2.75) is 6.92 Å². The summed E-state index contributed by atoms with van der Waals surface area (Å²) in [5.74, 6) is 0.155. The van der Waals surface area contributed by atoms with Gasteiger partial charge in [-0.05, 0) is 31.2 Å². The summed E-state index contributed by atoms with van der Waals surface area (Å²) in [7, 11) is 0. The summed E-state index contributed by atoms with van der Waals surface area (Å²) in [5, 5.41) is 0. The van der Waals surface area contributed by atoms with E-state index in [1.54, 1.807) is 0 Å². The van der Waals surface area contributed by atoms with Crippen LogP contribution in [0.5, 0.6) is 0 Å². The van der Waals surface area contributed by atoms with Crippen LogP contribution in [0, 0.1) is 0 Å². The van der Waals surface area contributed by atoms with Crippen molar-refractivity contribution in [2.75, 3.05) is 50.0 Å². The van der Waals surface area contributed by atoms with Crippen molar-refractivity contribution in [3.05, 3.63) is 24.3 Å². The molecule has 1 fully saturated rings. The summed E-state index contributed by atoms with van der Waals surface area (Å²) in [6, 6.07) is 7.62. The van der Waals surface area contributed by atoms with Crippen LogP contribution in [-0.4, -0.2) is 50.2 Å². The second-order valence-electron chi connectivity index (χ2n) is 4.60. The molecule has 19 heavy (non-hydrogen) atoms. The van der Waals surface area contributed by atoms with Gasteiger partial charge >= 0.3 is 0 Å². The third-order valence-electron chi connectivity index (χ3n) is 3.33. The number of anilines is 2. The van der Waals surface area contributed by atoms with E-state index in [1.165, 1.54) is 0 Å². The van der Waals surface area contributed by atoms with Crippen LogP contribution in [0.2, 0.25) is 0 Å². The standard InChI is InChI=1S/C14H21N3O2/c1-2-16(13-5-3-12(15)4-6-13)11-14(18)17-7-9-19-10-8-17/h3-6H,2,7-11,15H2,1H3. The zero-order valence-corrected chi connectivity index (χ0v) is 11.3. The first-order chi connectivity index (χ1) is 9.20. The number of morpholine rings is 1. The average Bonchev–Trinajstić information content (AvgIpc) is 2.46. The van der Waals surface area contributed by atoms with E-state index in [2.05, 4.69) is 4.90 Å². The molecule has 0 radical (unpaired) electrons. The summed E-state index contributed by atoms with van der Waals surface area (Å²) >= 11 is 0. The highest BCUT2D eigenvalue weighted by Crippen LogP contribution is 2.16. The van der Waals surface area contributed by atoms with Gasteiger partial charge in [-0.2, -0.15) is 0 Å². The van der Waals surface area contributed by atoms with Crippen LogP contribution in [-0.2, 0) is 9.53 Å². The Labute approximate surface area is 113 Å². The first-order valence-electron chi connectivity index (χ1n) is 6.66. The SMILES string of the molecule is CCN(CC(=O)N1CCOCC1)c1ccc(N)cc1. The van der Waals surface area contributed by atoms with Gasteiger partial charge in [0.25, 0.3) is 0 Å². The summed E-state index contributed by atoms with van der Waals surface area (Å²) < 4.78 is 5.26. The van der Waals surface area contributed by atoms with Crippen molar-refractivity contribution < 1.29 is 9.53 Å². The highest BCUT2D eigenvalue weighted by atomic mass is 16.5. The maximum absolute atomic E-state index is 12.2. The van der Waals surface area contributed by atoms with Crippen LogP contribution in [0.25, 0.3) is 0 Å². The van der Waals surface area contributed by atoms with Gasteiger partial charge in [-0.1, -0.05) is 0 Å². The molecule has 2 rings (SSSR count). The molecule has 1 aliphatic rings. The average molecular weight is 263 g/mol. The zero-order valence-electron chi connectivity index (χ0n) is 11.3. The van der Waals surface area contributed by atoms with E-state index < -0.39 is 0 Å². The van der Waals surface area contributed by atoms with Crippen molar-refractivity contribution in [1.29, 1.82) is 0 Å². The monoisotopic (exact) mass is 263 g/mol. The minimum absolute atomic E-state index is 0.155. The Morgan fingerprint density at radius 1 is 1.32 bits per heavy atom. The fourth-order valence-corrected chi connectivity index (χ4v) is 2.15. The van der Waals surface area contributed by atoms with Crippen molar-refractivity contribution in [3.8, 4) is 0 Å². The number of hydrogen-bond acceptors (Lipinski definition) is 4. The molecule has 1 amide bonds. The molecule has 5 nitrogen and oxygen atoms in total. The zero-order chi connectivity index (χ0) is 13.7. The molecular weight excluding hydrogens is 242 g/mol. The van der Waals surface area contributed by atoms with Crippen LogP contribution < -0.4 is 10.6 Å². The number of carbonyl (C=O) groups excluding carboxylic acids is 1. The van der Waals surface area contributed by atoms with Gasteiger partial charge < -0.3 is 20.3 Å². The van der Waals surface area contributed by atoms with E-state index in [-0.39, 0.29) is 5.91 Å². The minimum Gasteiger partial charge on any atom is -0.399 e. The third kappa shape index (κ3) is 3.61. The minimum atomic E-state index is 0.155. The molecule has 1 aromatic carbocycles.